The van der Waals surface area contributed by atoms with Crippen LogP contribution in [0.25, 0.3) is 16.8 Å². The van der Waals surface area contributed by atoms with Crippen molar-refractivity contribution in [2.45, 2.75) is 50.7 Å². The molecule has 1 aliphatic heterocycles. The van der Waals surface area contributed by atoms with Gasteiger partial charge in [0.25, 0.3) is 0 Å². The van der Waals surface area contributed by atoms with Crippen LogP contribution in [0.3, 0.4) is 0 Å². The van der Waals surface area contributed by atoms with Crippen LogP contribution in [0.5, 0.6) is 5.75 Å². The van der Waals surface area contributed by atoms with Crippen LogP contribution in [0, 0.1) is 11.6 Å². The molecule has 202 valence electrons. The van der Waals surface area contributed by atoms with Crippen LogP contribution in [0.2, 0.25) is 0 Å². The highest BCUT2D eigenvalue weighted by molar-refractivity contribution is 5.66. The van der Waals surface area contributed by atoms with Crippen LogP contribution in [0.4, 0.5) is 20.4 Å². The van der Waals surface area contributed by atoms with E-state index >= 15 is 8.78 Å². The third-order valence-corrected chi connectivity index (χ3v) is 7.29. The highest BCUT2D eigenvalue weighted by Gasteiger charge is 2.24. The Labute approximate surface area is 224 Å². The van der Waals surface area contributed by atoms with Gasteiger partial charge >= 0.3 is 0 Å². The summed E-state index contributed by atoms with van der Waals surface area (Å²) in [5.41, 5.74) is 9.97. The van der Waals surface area contributed by atoms with Crippen molar-refractivity contribution in [3.8, 4) is 17.0 Å². The van der Waals surface area contributed by atoms with Gasteiger partial charge in [0.1, 0.15) is 23.5 Å². The lowest BCUT2D eigenvalue weighted by Gasteiger charge is -2.27. The molecule has 1 aromatic carbocycles. The molecule has 0 saturated carbocycles. The number of fused-ring (bicyclic) bond motifs is 1. The monoisotopic (exact) mass is 532 g/mol. The van der Waals surface area contributed by atoms with Crippen LogP contribution in [-0.4, -0.2) is 44.9 Å². The Hall–Kier alpha value is -3.89. The molecular weight excluding hydrogens is 502 g/mol. The third-order valence-electron chi connectivity index (χ3n) is 7.29. The Morgan fingerprint density at radius 2 is 1.90 bits per heavy atom. The molecular formula is C29H30F2N6O2. The Kier molecular flexibility index (Phi) is 6.97. The fraction of sp³-hybridized carbons (Fsp3) is 0.345. The average Bonchev–Trinajstić information content (AvgIpc) is 3.30. The first-order valence-corrected chi connectivity index (χ1v) is 13.2. The number of anilines is 2. The van der Waals surface area contributed by atoms with Gasteiger partial charge in [-0.3, -0.25) is 4.98 Å². The van der Waals surface area contributed by atoms with Gasteiger partial charge in [-0.2, -0.15) is 9.61 Å². The highest BCUT2D eigenvalue weighted by atomic mass is 19.1. The molecule has 3 aromatic heterocycles. The molecule has 8 nitrogen and oxygen atoms in total. The standard InChI is InChI=1S/C29H30F2N6O2/c1-17-10-18(12-19(32)11-17)23-4-7-33-16-27(23)35-29-34-15-20-2-3-26(36-37(20)29)28-24(30)13-22(14-25(28)31)39-21-5-8-38-9-6-21/h2-4,7,11,13-16,18-19,21H,5-6,8-10,12,32H2,1H3,(H,34,35). The third kappa shape index (κ3) is 5.35. The quantitative estimate of drug-likeness (QED) is 0.315. The van der Waals surface area contributed by atoms with Crippen molar-refractivity contribution in [3.63, 3.8) is 0 Å². The minimum absolute atomic E-state index is 0.000455. The van der Waals surface area contributed by atoms with Gasteiger partial charge in [-0.1, -0.05) is 11.6 Å². The number of halogens is 2. The lowest BCUT2D eigenvalue weighted by atomic mass is 9.82. The first kappa shape index (κ1) is 25.4. The second-order valence-corrected chi connectivity index (χ2v) is 10.2. The van der Waals surface area contributed by atoms with E-state index in [1.54, 1.807) is 30.7 Å². The van der Waals surface area contributed by atoms with E-state index in [0.29, 0.717) is 37.5 Å². The largest absolute Gasteiger partial charge is 0.490 e. The second kappa shape index (κ2) is 10.7. The van der Waals surface area contributed by atoms with Crippen LogP contribution >= 0.6 is 0 Å². The fourth-order valence-electron chi connectivity index (χ4n) is 5.48. The fourth-order valence-corrected chi connectivity index (χ4v) is 5.48. The molecule has 10 heteroatoms. The number of rotatable bonds is 6. The summed E-state index contributed by atoms with van der Waals surface area (Å²) in [4.78, 5) is 8.77. The smallest absolute Gasteiger partial charge is 0.229 e. The zero-order valence-electron chi connectivity index (χ0n) is 21.6. The number of nitrogens with one attached hydrogen (secondary N) is 1. The Balaban J connectivity index is 1.30. The van der Waals surface area contributed by atoms with Gasteiger partial charge in [0.2, 0.25) is 5.95 Å². The summed E-state index contributed by atoms with van der Waals surface area (Å²) in [6.07, 6.45) is 10.2. The molecule has 0 spiro atoms. The molecule has 39 heavy (non-hydrogen) atoms. The van der Waals surface area contributed by atoms with Gasteiger partial charge in [0, 0.05) is 37.2 Å². The predicted molar refractivity (Wildman–Crippen MR) is 144 cm³/mol. The maximum Gasteiger partial charge on any atom is 0.229 e. The zero-order valence-corrected chi connectivity index (χ0v) is 21.6. The maximum atomic E-state index is 15.2. The summed E-state index contributed by atoms with van der Waals surface area (Å²) in [6.45, 7) is 3.24. The van der Waals surface area contributed by atoms with Crippen LogP contribution < -0.4 is 15.8 Å². The number of hydrogen-bond acceptors (Lipinski definition) is 7. The Bertz CT molecular complexity index is 1510. The van der Waals surface area contributed by atoms with Crippen LogP contribution in [0.15, 0.2) is 60.6 Å². The molecule has 3 N–H and O–H groups in total. The Morgan fingerprint density at radius 3 is 2.67 bits per heavy atom. The number of aromatic nitrogens is 4. The summed E-state index contributed by atoms with van der Waals surface area (Å²) in [5.74, 6) is -0.692. The molecule has 0 bridgehead atoms. The van der Waals surface area contributed by atoms with E-state index in [2.05, 4.69) is 33.4 Å². The van der Waals surface area contributed by atoms with E-state index in [1.807, 2.05) is 6.07 Å². The number of imidazole rings is 1. The first-order valence-electron chi connectivity index (χ1n) is 13.2. The predicted octanol–water partition coefficient (Wildman–Crippen LogP) is 5.52. The van der Waals surface area contributed by atoms with Crippen molar-refractivity contribution < 1.29 is 18.3 Å². The van der Waals surface area contributed by atoms with Crippen molar-refractivity contribution in [2.24, 2.45) is 5.73 Å². The van der Waals surface area contributed by atoms with Gasteiger partial charge in [-0.15, -0.1) is 0 Å². The minimum atomic E-state index is -0.745. The number of nitrogens with zero attached hydrogens (tertiary/aromatic N) is 4. The van der Waals surface area contributed by atoms with Gasteiger partial charge in [0.15, 0.2) is 0 Å². The molecule has 2 atom stereocenters. The molecule has 1 fully saturated rings. The number of hydrogen-bond donors (Lipinski definition) is 2. The molecule has 0 amide bonds. The van der Waals surface area contributed by atoms with Crippen molar-refractivity contribution in [3.05, 3.63) is 77.8 Å². The van der Waals surface area contributed by atoms with E-state index in [9.17, 15) is 0 Å². The van der Waals surface area contributed by atoms with Crippen molar-refractivity contribution in [1.29, 1.82) is 0 Å². The molecule has 4 aromatic rings. The number of ether oxygens (including phenoxy) is 2. The molecule has 2 aliphatic rings. The molecule has 2 unspecified atom stereocenters. The topological polar surface area (TPSA) is 99.6 Å². The van der Waals surface area contributed by atoms with Gasteiger partial charge in [-0.05, 0) is 49.4 Å². The Morgan fingerprint density at radius 1 is 1.10 bits per heavy atom. The van der Waals surface area contributed by atoms with Gasteiger partial charge in [0.05, 0.1) is 48.1 Å². The molecule has 4 heterocycles. The summed E-state index contributed by atoms with van der Waals surface area (Å²) >= 11 is 0. The average molecular weight is 533 g/mol. The van der Waals surface area contributed by atoms with Gasteiger partial charge < -0.3 is 20.5 Å². The normalized spacial score (nSPS) is 20.2. The number of benzene rings is 1. The molecule has 1 saturated heterocycles. The summed E-state index contributed by atoms with van der Waals surface area (Å²) in [6, 6.07) is 7.71. The van der Waals surface area contributed by atoms with Crippen LogP contribution in [-0.2, 0) is 4.74 Å². The molecule has 0 radical (unpaired) electrons. The molecule has 6 rings (SSSR count). The maximum absolute atomic E-state index is 15.2. The SMILES string of the molecule is CC1=CC(N)CC(c2ccncc2Nc2ncc3ccc(-c4c(F)cc(OC5CCOCC5)cc4F)nn23)C1. The highest BCUT2D eigenvalue weighted by Crippen LogP contribution is 2.37. The van der Waals surface area contributed by atoms with E-state index in [4.69, 9.17) is 15.2 Å². The lowest BCUT2D eigenvalue weighted by Crippen LogP contribution is -2.26. The van der Waals surface area contributed by atoms with E-state index in [0.717, 1.165) is 24.1 Å². The summed E-state index contributed by atoms with van der Waals surface area (Å²) in [7, 11) is 0. The van der Waals surface area contributed by atoms with Crippen molar-refractivity contribution >= 4 is 17.2 Å². The summed E-state index contributed by atoms with van der Waals surface area (Å²) in [5, 5.41) is 7.87. The minimum Gasteiger partial charge on any atom is -0.490 e. The van der Waals surface area contributed by atoms with E-state index < -0.39 is 11.6 Å². The zero-order chi connectivity index (χ0) is 26.9. The number of nitrogens with two attached hydrogens (primary N) is 1. The molecule has 1 aliphatic carbocycles. The van der Waals surface area contributed by atoms with Crippen molar-refractivity contribution in [1.82, 2.24) is 19.6 Å². The number of pyridine rings is 1. The van der Waals surface area contributed by atoms with E-state index in [-0.39, 0.29) is 35.1 Å². The van der Waals surface area contributed by atoms with Crippen molar-refractivity contribution in [2.75, 3.05) is 18.5 Å². The van der Waals surface area contributed by atoms with E-state index in [1.165, 1.54) is 22.2 Å². The lowest BCUT2D eigenvalue weighted by molar-refractivity contribution is 0.0253. The number of allylic oxidation sites excluding steroid dienone is 1. The summed E-state index contributed by atoms with van der Waals surface area (Å²) < 4.78 is 43.1. The van der Waals surface area contributed by atoms with Crippen LogP contribution in [0.1, 0.15) is 44.1 Å². The second-order valence-electron chi connectivity index (χ2n) is 10.2. The van der Waals surface area contributed by atoms with Gasteiger partial charge in [-0.25, -0.2) is 13.8 Å². The first-order chi connectivity index (χ1) is 18.9.